The molecule has 0 aromatic heterocycles. The molecule has 0 saturated carbocycles. The third kappa shape index (κ3) is 1.48. The lowest BCUT2D eigenvalue weighted by atomic mass is 10.1. The molecule has 14 heavy (non-hydrogen) atoms. The van der Waals surface area contributed by atoms with E-state index in [1.54, 1.807) is 6.08 Å². The fourth-order valence-corrected chi connectivity index (χ4v) is 1.47. The highest BCUT2D eigenvalue weighted by Crippen LogP contribution is 2.16. The summed E-state index contributed by atoms with van der Waals surface area (Å²) in [5.74, 6) is 0. The Morgan fingerprint density at radius 1 is 1.43 bits per heavy atom. The van der Waals surface area contributed by atoms with Crippen molar-refractivity contribution in [1.82, 2.24) is 0 Å². The maximum atomic E-state index is 11.4. The Morgan fingerprint density at radius 2 is 2.14 bits per heavy atom. The summed E-state index contributed by atoms with van der Waals surface area (Å²) in [6, 6.07) is 9.51. The molecule has 1 heterocycles. The standard InChI is InChI=1S/C11H11NO2/c1-2-10-8-11(12(13)14-10)9-6-4-3-5-7-9/h2-7,10H,1,8H2. The van der Waals surface area contributed by atoms with Gasteiger partial charge < -0.3 is 4.84 Å². The highest BCUT2D eigenvalue weighted by Gasteiger charge is 2.26. The van der Waals surface area contributed by atoms with Crippen molar-refractivity contribution in [1.29, 1.82) is 0 Å². The van der Waals surface area contributed by atoms with E-state index in [0.717, 1.165) is 5.56 Å². The van der Waals surface area contributed by atoms with E-state index in [-0.39, 0.29) is 6.10 Å². The van der Waals surface area contributed by atoms with Crippen LogP contribution in [0.1, 0.15) is 12.0 Å². The van der Waals surface area contributed by atoms with Crippen molar-refractivity contribution in [2.45, 2.75) is 12.5 Å². The summed E-state index contributed by atoms with van der Waals surface area (Å²) in [6.45, 7) is 3.60. The van der Waals surface area contributed by atoms with Crippen LogP contribution in [0.15, 0.2) is 43.0 Å². The summed E-state index contributed by atoms with van der Waals surface area (Å²) in [6.07, 6.45) is 2.04. The SMILES string of the molecule is C=CC1CC(c2ccccc2)=[N+]([O-])O1. The van der Waals surface area contributed by atoms with E-state index in [2.05, 4.69) is 6.58 Å². The van der Waals surface area contributed by atoms with Gasteiger partial charge in [0.1, 0.15) is 0 Å². The van der Waals surface area contributed by atoms with Crippen molar-refractivity contribution in [3.63, 3.8) is 0 Å². The number of hydrogen-bond donors (Lipinski definition) is 0. The monoisotopic (exact) mass is 189 g/mol. The fraction of sp³-hybridized carbons (Fsp3) is 0.182. The van der Waals surface area contributed by atoms with Gasteiger partial charge >= 0.3 is 0 Å². The summed E-state index contributed by atoms with van der Waals surface area (Å²) in [5.41, 5.74) is 1.57. The van der Waals surface area contributed by atoms with Crippen LogP contribution < -0.4 is 0 Å². The van der Waals surface area contributed by atoms with Crippen LogP contribution in [0.3, 0.4) is 0 Å². The summed E-state index contributed by atoms with van der Waals surface area (Å²) in [4.78, 5) is 5.59. The van der Waals surface area contributed by atoms with Crippen molar-refractivity contribution in [3.05, 3.63) is 53.8 Å². The van der Waals surface area contributed by atoms with Crippen molar-refractivity contribution < 1.29 is 9.74 Å². The maximum absolute atomic E-state index is 11.4. The molecule has 0 aliphatic carbocycles. The Hall–Kier alpha value is -1.77. The molecule has 0 radical (unpaired) electrons. The molecule has 1 atom stereocenters. The van der Waals surface area contributed by atoms with E-state index in [0.29, 0.717) is 17.0 Å². The van der Waals surface area contributed by atoms with E-state index >= 15 is 0 Å². The van der Waals surface area contributed by atoms with Crippen molar-refractivity contribution in [2.24, 2.45) is 0 Å². The van der Waals surface area contributed by atoms with Gasteiger partial charge in [-0.15, -0.1) is 6.58 Å². The first-order valence-corrected chi connectivity index (χ1v) is 4.49. The number of hydrogen-bond acceptors (Lipinski definition) is 2. The van der Waals surface area contributed by atoms with Gasteiger partial charge in [0.2, 0.25) is 0 Å². The predicted molar refractivity (Wildman–Crippen MR) is 53.9 cm³/mol. The van der Waals surface area contributed by atoms with Crippen molar-refractivity contribution in [2.75, 3.05) is 0 Å². The van der Waals surface area contributed by atoms with Gasteiger partial charge in [0.05, 0.1) is 12.5 Å². The molecule has 72 valence electrons. The first-order valence-electron chi connectivity index (χ1n) is 4.49. The minimum Gasteiger partial charge on any atom is -0.395 e. The zero-order valence-electron chi connectivity index (χ0n) is 7.72. The third-order valence-electron chi connectivity index (χ3n) is 2.22. The van der Waals surface area contributed by atoms with Crippen LogP contribution in [0.25, 0.3) is 0 Å². The van der Waals surface area contributed by atoms with Crippen LogP contribution >= 0.6 is 0 Å². The normalized spacial score (nSPS) is 20.7. The zero-order chi connectivity index (χ0) is 9.97. The lowest BCUT2D eigenvalue weighted by molar-refractivity contribution is -0.737. The fourth-order valence-electron chi connectivity index (χ4n) is 1.47. The molecule has 0 saturated heterocycles. The second-order valence-corrected chi connectivity index (χ2v) is 3.15. The molecule has 1 unspecified atom stereocenters. The topological polar surface area (TPSA) is 35.3 Å². The molecular weight excluding hydrogens is 178 g/mol. The molecule has 2 rings (SSSR count). The molecule has 1 aliphatic rings. The molecule has 3 nitrogen and oxygen atoms in total. The number of benzene rings is 1. The summed E-state index contributed by atoms with van der Waals surface area (Å²) >= 11 is 0. The van der Waals surface area contributed by atoms with Crippen LogP contribution in [-0.2, 0) is 4.84 Å². The molecule has 0 N–H and O–H groups in total. The minimum atomic E-state index is -0.192. The van der Waals surface area contributed by atoms with E-state index in [1.165, 1.54) is 0 Å². The molecule has 1 aromatic rings. The van der Waals surface area contributed by atoms with Crippen molar-refractivity contribution in [3.8, 4) is 0 Å². The van der Waals surface area contributed by atoms with Crippen LogP contribution in [-0.4, -0.2) is 16.7 Å². The molecule has 0 fully saturated rings. The Balaban J connectivity index is 2.28. The van der Waals surface area contributed by atoms with Gasteiger partial charge in [-0.05, 0) is 12.1 Å². The minimum absolute atomic E-state index is 0.192. The Kier molecular flexibility index (Phi) is 2.23. The van der Waals surface area contributed by atoms with Gasteiger partial charge in [-0.1, -0.05) is 24.3 Å². The van der Waals surface area contributed by atoms with Gasteiger partial charge in [0.15, 0.2) is 0 Å². The van der Waals surface area contributed by atoms with Crippen LogP contribution in [0.4, 0.5) is 0 Å². The highest BCUT2D eigenvalue weighted by atomic mass is 16.9. The summed E-state index contributed by atoms with van der Waals surface area (Å²) in [7, 11) is 0. The average molecular weight is 189 g/mol. The quantitative estimate of drug-likeness (QED) is 0.526. The smallest absolute Gasteiger partial charge is 0.253 e. The van der Waals surface area contributed by atoms with Crippen LogP contribution in [0.5, 0.6) is 0 Å². The summed E-state index contributed by atoms with van der Waals surface area (Å²) in [5, 5.41) is 11.4. The molecule has 0 spiro atoms. The van der Waals surface area contributed by atoms with E-state index in [1.807, 2.05) is 30.3 Å². The first kappa shape index (κ1) is 8.81. The second-order valence-electron chi connectivity index (χ2n) is 3.15. The zero-order valence-corrected chi connectivity index (χ0v) is 7.72. The Morgan fingerprint density at radius 3 is 2.71 bits per heavy atom. The molecule has 3 heteroatoms. The Bertz CT molecular complexity index is 370. The predicted octanol–water partition coefficient (Wildman–Crippen LogP) is 1.88. The van der Waals surface area contributed by atoms with E-state index in [4.69, 9.17) is 4.84 Å². The maximum Gasteiger partial charge on any atom is 0.253 e. The third-order valence-corrected chi connectivity index (χ3v) is 2.22. The van der Waals surface area contributed by atoms with Gasteiger partial charge in [-0.3, -0.25) is 5.21 Å². The number of rotatable bonds is 2. The first-order chi connectivity index (χ1) is 6.81. The lowest BCUT2D eigenvalue weighted by Gasteiger charge is -2.02. The van der Waals surface area contributed by atoms with Crippen LogP contribution in [0, 0.1) is 5.21 Å². The summed E-state index contributed by atoms with van der Waals surface area (Å²) < 4.78 is 0. The largest absolute Gasteiger partial charge is 0.395 e. The van der Waals surface area contributed by atoms with E-state index < -0.39 is 0 Å². The molecule has 1 aliphatic heterocycles. The highest BCUT2D eigenvalue weighted by molar-refractivity contribution is 5.97. The van der Waals surface area contributed by atoms with E-state index in [9.17, 15) is 5.21 Å². The van der Waals surface area contributed by atoms with Gasteiger partial charge in [-0.2, -0.15) is 0 Å². The second kappa shape index (κ2) is 3.54. The molecular formula is C11H11NO2. The lowest BCUT2D eigenvalue weighted by Crippen LogP contribution is -2.07. The molecule has 0 amide bonds. The Labute approximate surface area is 82.5 Å². The van der Waals surface area contributed by atoms with Crippen molar-refractivity contribution >= 4 is 5.71 Å². The molecule has 0 bridgehead atoms. The molecule has 1 aromatic carbocycles. The number of nitrogens with zero attached hydrogens (tertiary/aromatic N) is 1. The van der Waals surface area contributed by atoms with Gasteiger partial charge in [-0.25, -0.2) is 0 Å². The van der Waals surface area contributed by atoms with Gasteiger partial charge in [0, 0.05) is 10.5 Å². The van der Waals surface area contributed by atoms with Crippen LogP contribution in [0.2, 0.25) is 0 Å². The average Bonchev–Trinajstić information content (AvgIpc) is 2.61. The van der Waals surface area contributed by atoms with Gasteiger partial charge in [0.25, 0.3) is 5.71 Å².